The summed E-state index contributed by atoms with van der Waals surface area (Å²) in [4.78, 5) is 12.0. The third-order valence-electron chi connectivity index (χ3n) is 5.68. The predicted octanol–water partition coefficient (Wildman–Crippen LogP) is 2.33. The SMILES string of the molecule is COCCOCOC1CCC23C=CC(CC12C)C(=O)C3. The number of Topliss-reactive ketones (excluding diaryl/α,β-unsaturated/α-hetero) is 1. The van der Waals surface area contributed by atoms with Crippen LogP contribution in [0, 0.1) is 16.7 Å². The fourth-order valence-corrected chi connectivity index (χ4v) is 4.36. The van der Waals surface area contributed by atoms with Crippen LogP contribution in [-0.4, -0.2) is 39.0 Å². The molecular weight excluding hydrogens is 256 g/mol. The van der Waals surface area contributed by atoms with E-state index in [1.807, 2.05) is 0 Å². The molecule has 0 radical (unpaired) electrons. The molecule has 0 N–H and O–H groups in total. The van der Waals surface area contributed by atoms with E-state index in [-0.39, 0.29) is 22.9 Å². The fourth-order valence-electron chi connectivity index (χ4n) is 4.36. The zero-order valence-electron chi connectivity index (χ0n) is 12.4. The molecule has 4 heteroatoms. The summed E-state index contributed by atoms with van der Waals surface area (Å²) in [5.41, 5.74) is 0.126. The van der Waals surface area contributed by atoms with Crippen LogP contribution in [0.25, 0.3) is 0 Å². The highest BCUT2D eigenvalue weighted by Crippen LogP contribution is 2.65. The van der Waals surface area contributed by atoms with Crippen LogP contribution in [0.4, 0.5) is 0 Å². The summed E-state index contributed by atoms with van der Waals surface area (Å²) in [6.07, 6.45) is 8.35. The van der Waals surface area contributed by atoms with Crippen LogP contribution in [0.3, 0.4) is 0 Å². The van der Waals surface area contributed by atoms with E-state index in [0.29, 0.717) is 32.2 Å². The molecule has 0 aliphatic heterocycles. The van der Waals surface area contributed by atoms with Gasteiger partial charge in [-0.25, -0.2) is 0 Å². The highest BCUT2D eigenvalue weighted by Gasteiger charge is 2.62. The predicted molar refractivity (Wildman–Crippen MR) is 74.2 cm³/mol. The number of hydrogen-bond donors (Lipinski definition) is 0. The Hall–Kier alpha value is -0.710. The molecule has 0 aromatic rings. The van der Waals surface area contributed by atoms with Crippen LogP contribution in [0.5, 0.6) is 0 Å². The number of allylic oxidation sites excluding steroid dienone is 2. The summed E-state index contributed by atoms with van der Waals surface area (Å²) < 4.78 is 16.4. The van der Waals surface area contributed by atoms with Gasteiger partial charge >= 0.3 is 0 Å². The summed E-state index contributed by atoms with van der Waals surface area (Å²) in [6, 6.07) is 0. The van der Waals surface area contributed by atoms with Crippen molar-refractivity contribution in [3.05, 3.63) is 12.2 Å². The van der Waals surface area contributed by atoms with Gasteiger partial charge in [-0.15, -0.1) is 0 Å². The molecule has 112 valence electrons. The van der Waals surface area contributed by atoms with Crippen molar-refractivity contribution >= 4 is 5.78 Å². The van der Waals surface area contributed by atoms with Crippen LogP contribution in [0.15, 0.2) is 12.2 Å². The van der Waals surface area contributed by atoms with Crippen molar-refractivity contribution in [3.63, 3.8) is 0 Å². The average Bonchev–Trinajstić information content (AvgIpc) is 2.71. The zero-order valence-corrected chi connectivity index (χ0v) is 12.4. The molecule has 4 aliphatic carbocycles. The van der Waals surface area contributed by atoms with Crippen LogP contribution in [-0.2, 0) is 19.0 Å². The first-order valence-corrected chi connectivity index (χ1v) is 7.52. The van der Waals surface area contributed by atoms with Crippen LogP contribution in [0.1, 0.15) is 32.6 Å². The number of ketones is 1. The monoisotopic (exact) mass is 280 g/mol. The van der Waals surface area contributed by atoms with Crippen molar-refractivity contribution in [3.8, 4) is 0 Å². The Balaban J connectivity index is 1.63. The Labute approximate surface area is 120 Å². The van der Waals surface area contributed by atoms with Crippen molar-refractivity contribution in [1.82, 2.24) is 0 Å². The lowest BCUT2D eigenvalue weighted by Crippen LogP contribution is -2.51. The van der Waals surface area contributed by atoms with Gasteiger partial charge in [0.2, 0.25) is 0 Å². The Kier molecular flexibility index (Phi) is 3.73. The molecule has 4 unspecified atom stereocenters. The van der Waals surface area contributed by atoms with Crippen molar-refractivity contribution in [1.29, 1.82) is 0 Å². The van der Waals surface area contributed by atoms with Gasteiger partial charge in [-0.05, 0) is 19.3 Å². The summed E-state index contributed by atoms with van der Waals surface area (Å²) in [5, 5.41) is 0. The lowest BCUT2D eigenvalue weighted by molar-refractivity contribution is -0.155. The molecule has 2 saturated carbocycles. The van der Waals surface area contributed by atoms with Gasteiger partial charge in [0.1, 0.15) is 12.6 Å². The maximum absolute atomic E-state index is 12.0. The molecule has 4 aliphatic rings. The first kappa shape index (κ1) is 14.2. The van der Waals surface area contributed by atoms with Crippen molar-refractivity contribution in [2.24, 2.45) is 16.7 Å². The number of carbonyl (C=O) groups is 1. The second-order valence-corrected chi connectivity index (χ2v) is 6.60. The molecule has 20 heavy (non-hydrogen) atoms. The number of carbonyl (C=O) groups excluding carboxylic acids is 1. The quantitative estimate of drug-likeness (QED) is 0.425. The normalized spacial score (nSPS) is 42.2. The molecule has 2 bridgehead atoms. The van der Waals surface area contributed by atoms with E-state index in [2.05, 4.69) is 19.1 Å². The molecule has 0 aromatic heterocycles. The largest absolute Gasteiger partial charge is 0.382 e. The minimum absolute atomic E-state index is 0.0377. The second kappa shape index (κ2) is 5.24. The molecule has 0 saturated heterocycles. The van der Waals surface area contributed by atoms with E-state index < -0.39 is 0 Å². The van der Waals surface area contributed by atoms with Crippen LogP contribution in [0.2, 0.25) is 0 Å². The highest BCUT2D eigenvalue weighted by atomic mass is 16.7. The topological polar surface area (TPSA) is 44.8 Å². The Morgan fingerprint density at radius 1 is 1.40 bits per heavy atom. The van der Waals surface area contributed by atoms with E-state index >= 15 is 0 Å². The van der Waals surface area contributed by atoms with Crippen molar-refractivity contribution < 1.29 is 19.0 Å². The van der Waals surface area contributed by atoms with E-state index in [1.54, 1.807) is 7.11 Å². The van der Waals surface area contributed by atoms with Gasteiger partial charge in [-0.1, -0.05) is 19.1 Å². The van der Waals surface area contributed by atoms with Gasteiger partial charge in [0.25, 0.3) is 0 Å². The zero-order chi connectivity index (χ0) is 14.2. The molecule has 0 heterocycles. The van der Waals surface area contributed by atoms with Gasteiger partial charge in [0.15, 0.2) is 0 Å². The summed E-state index contributed by atoms with van der Waals surface area (Å²) in [6.45, 7) is 3.77. The fraction of sp³-hybridized carbons (Fsp3) is 0.812. The third kappa shape index (κ3) is 2.05. The number of fused-ring (bicyclic) bond motifs is 1. The Morgan fingerprint density at radius 3 is 3.00 bits per heavy atom. The van der Waals surface area contributed by atoms with Gasteiger partial charge in [0.05, 0.1) is 19.3 Å². The first-order valence-electron chi connectivity index (χ1n) is 7.52. The smallest absolute Gasteiger partial charge is 0.147 e. The lowest BCUT2D eigenvalue weighted by atomic mass is 9.52. The van der Waals surface area contributed by atoms with Crippen LogP contribution < -0.4 is 0 Å². The van der Waals surface area contributed by atoms with Gasteiger partial charge in [-0.3, -0.25) is 4.79 Å². The second-order valence-electron chi connectivity index (χ2n) is 6.60. The summed E-state index contributed by atoms with van der Waals surface area (Å²) >= 11 is 0. The minimum Gasteiger partial charge on any atom is -0.382 e. The molecule has 4 nitrogen and oxygen atoms in total. The van der Waals surface area contributed by atoms with Crippen molar-refractivity contribution in [2.45, 2.75) is 38.7 Å². The molecule has 0 aromatic carbocycles. The molecule has 2 fully saturated rings. The molecule has 4 atom stereocenters. The molecule has 4 rings (SSSR count). The van der Waals surface area contributed by atoms with E-state index in [1.165, 1.54) is 0 Å². The lowest BCUT2D eigenvalue weighted by Gasteiger charge is -2.52. The standard InChI is InChI=1S/C16H24O4/c1-15-9-12-3-5-16(15,10-13(12)17)6-4-14(15)20-11-19-8-7-18-2/h3,5,12,14H,4,6-11H2,1-2H3. The van der Waals surface area contributed by atoms with Gasteiger partial charge in [0, 0.05) is 30.3 Å². The van der Waals surface area contributed by atoms with E-state index in [0.717, 1.165) is 19.3 Å². The molecule has 0 amide bonds. The minimum atomic E-state index is 0.0377. The number of methoxy groups -OCH3 is 1. The number of ether oxygens (including phenoxy) is 3. The molecule has 1 spiro atoms. The summed E-state index contributed by atoms with van der Waals surface area (Å²) in [7, 11) is 1.66. The maximum atomic E-state index is 12.0. The van der Waals surface area contributed by atoms with Crippen molar-refractivity contribution in [2.75, 3.05) is 27.1 Å². The van der Waals surface area contributed by atoms with E-state index in [4.69, 9.17) is 14.2 Å². The average molecular weight is 280 g/mol. The number of rotatable bonds is 6. The van der Waals surface area contributed by atoms with Gasteiger partial charge in [-0.2, -0.15) is 0 Å². The molecular formula is C16H24O4. The third-order valence-corrected chi connectivity index (χ3v) is 5.68. The maximum Gasteiger partial charge on any atom is 0.147 e. The number of hydrogen-bond acceptors (Lipinski definition) is 4. The van der Waals surface area contributed by atoms with E-state index in [9.17, 15) is 4.79 Å². The van der Waals surface area contributed by atoms with Gasteiger partial charge < -0.3 is 14.2 Å². The Morgan fingerprint density at radius 2 is 2.25 bits per heavy atom. The highest BCUT2D eigenvalue weighted by molar-refractivity contribution is 5.86. The van der Waals surface area contributed by atoms with Crippen LogP contribution >= 0.6 is 0 Å². The first-order chi connectivity index (χ1) is 9.61. The Bertz CT molecular complexity index is 419. The summed E-state index contributed by atoms with van der Waals surface area (Å²) in [5.74, 6) is 0.530.